The number of hydrogen-bond acceptors (Lipinski definition) is 4. The zero-order chi connectivity index (χ0) is 15.3. The van der Waals surface area contributed by atoms with Crippen LogP contribution in [0.2, 0.25) is 0 Å². The standard InChI is InChI=1S/C12H18F2N2O2S2/c1-8(19-3)6-16-20(17,18)11-5-9(7-15-2)4-10(13)12(11)14/h4-5,8,15-16H,6-7H2,1-3H3. The van der Waals surface area contributed by atoms with Gasteiger partial charge in [0.2, 0.25) is 10.0 Å². The molecule has 0 radical (unpaired) electrons. The Morgan fingerprint density at radius 2 is 2.00 bits per heavy atom. The second-order valence-electron chi connectivity index (χ2n) is 4.32. The van der Waals surface area contributed by atoms with Gasteiger partial charge in [0.25, 0.3) is 0 Å². The third-order valence-corrected chi connectivity index (χ3v) is 5.08. The van der Waals surface area contributed by atoms with E-state index in [1.54, 1.807) is 7.05 Å². The quantitative estimate of drug-likeness (QED) is 0.802. The minimum atomic E-state index is -4.07. The molecule has 114 valence electrons. The van der Waals surface area contributed by atoms with Crippen LogP contribution < -0.4 is 10.0 Å². The first-order valence-electron chi connectivity index (χ1n) is 5.96. The molecule has 1 unspecified atom stereocenters. The Balaban J connectivity index is 3.10. The van der Waals surface area contributed by atoms with Gasteiger partial charge in [0.05, 0.1) is 0 Å². The molecule has 1 rings (SSSR count). The van der Waals surface area contributed by atoms with Crippen molar-refractivity contribution in [3.05, 3.63) is 29.3 Å². The molecule has 0 bridgehead atoms. The average Bonchev–Trinajstić information content (AvgIpc) is 2.40. The molecule has 1 atom stereocenters. The van der Waals surface area contributed by atoms with E-state index in [1.165, 1.54) is 11.8 Å². The van der Waals surface area contributed by atoms with E-state index < -0.39 is 26.6 Å². The van der Waals surface area contributed by atoms with E-state index in [4.69, 9.17) is 0 Å². The number of halogens is 2. The fourth-order valence-corrected chi connectivity index (χ4v) is 3.13. The molecule has 0 aliphatic carbocycles. The van der Waals surface area contributed by atoms with Crippen molar-refractivity contribution in [1.82, 2.24) is 10.0 Å². The molecule has 0 aromatic heterocycles. The molecular formula is C12H18F2N2O2S2. The first kappa shape index (κ1) is 17.4. The summed E-state index contributed by atoms with van der Waals surface area (Å²) >= 11 is 1.47. The predicted octanol–water partition coefficient (Wildman–Crippen LogP) is 1.71. The van der Waals surface area contributed by atoms with Gasteiger partial charge in [0.15, 0.2) is 11.6 Å². The molecular weight excluding hydrogens is 306 g/mol. The topological polar surface area (TPSA) is 58.2 Å². The summed E-state index contributed by atoms with van der Waals surface area (Å²) < 4.78 is 53.5. The maximum Gasteiger partial charge on any atom is 0.243 e. The van der Waals surface area contributed by atoms with E-state index in [9.17, 15) is 17.2 Å². The Labute approximate surface area is 122 Å². The van der Waals surface area contributed by atoms with Gasteiger partial charge in [-0.15, -0.1) is 0 Å². The fraction of sp³-hybridized carbons (Fsp3) is 0.500. The van der Waals surface area contributed by atoms with E-state index in [0.717, 1.165) is 12.1 Å². The summed E-state index contributed by atoms with van der Waals surface area (Å²) in [6.07, 6.45) is 1.84. The van der Waals surface area contributed by atoms with Crippen molar-refractivity contribution in [3.8, 4) is 0 Å². The van der Waals surface area contributed by atoms with Gasteiger partial charge in [-0.1, -0.05) is 6.92 Å². The first-order valence-corrected chi connectivity index (χ1v) is 8.74. The number of rotatable bonds is 7. The van der Waals surface area contributed by atoms with Gasteiger partial charge < -0.3 is 5.32 Å². The van der Waals surface area contributed by atoms with Crippen molar-refractivity contribution >= 4 is 21.8 Å². The van der Waals surface area contributed by atoms with Crippen molar-refractivity contribution < 1.29 is 17.2 Å². The van der Waals surface area contributed by atoms with Crippen molar-refractivity contribution in [2.45, 2.75) is 23.6 Å². The average molecular weight is 324 g/mol. The highest BCUT2D eigenvalue weighted by molar-refractivity contribution is 7.99. The number of nitrogens with one attached hydrogen (secondary N) is 2. The van der Waals surface area contributed by atoms with Gasteiger partial charge in [-0.25, -0.2) is 21.9 Å². The second-order valence-corrected chi connectivity index (χ2v) is 7.33. The van der Waals surface area contributed by atoms with Gasteiger partial charge >= 0.3 is 0 Å². The van der Waals surface area contributed by atoms with Crippen molar-refractivity contribution in [1.29, 1.82) is 0 Å². The molecule has 0 spiro atoms. The predicted molar refractivity (Wildman–Crippen MR) is 77.3 cm³/mol. The molecule has 0 fully saturated rings. The molecule has 0 aliphatic heterocycles. The lowest BCUT2D eigenvalue weighted by molar-refractivity contribution is 0.481. The van der Waals surface area contributed by atoms with Crippen LogP contribution in [0.4, 0.5) is 8.78 Å². The van der Waals surface area contributed by atoms with Crippen LogP contribution in [0.3, 0.4) is 0 Å². The Bertz CT molecular complexity index is 565. The van der Waals surface area contributed by atoms with Crippen molar-refractivity contribution in [2.24, 2.45) is 0 Å². The van der Waals surface area contributed by atoms with Gasteiger partial charge in [-0.3, -0.25) is 0 Å². The summed E-state index contributed by atoms with van der Waals surface area (Å²) in [5.41, 5.74) is 0.365. The van der Waals surface area contributed by atoms with E-state index >= 15 is 0 Å². The van der Waals surface area contributed by atoms with Gasteiger partial charge in [-0.05, 0) is 31.0 Å². The van der Waals surface area contributed by atoms with Crippen molar-refractivity contribution in [3.63, 3.8) is 0 Å². The number of sulfonamides is 1. The Kier molecular flexibility index (Phi) is 6.38. The lowest BCUT2D eigenvalue weighted by Crippen LogP contribution is -2.30. The van der Waals surface area contributed by atoms with E-state index in [2.05, 4.69) is 10.0 Å². The maximum atomic E-state index is 13.7. The zero-order valence-corrected chi connectivity index (χ0v) is 13.2. The summed E-state index contributed by atoms with van der Waals surface area (Å²) in [7, 11) is -2.43. The molecule has 4 nitrogen and oxygen atoms in total. The zero-order valence-electron chi connectivity index (χ0n) is 11.5. The molecule has 0 saturated carbocycles. The third kappa shape index (κ3) is 4.41. The summed E-state index contributed by atoms with van der Waals surface area (Å²) in [4.78, 5) is -0.656. The van der Waals surface area contributed by atoms with E-state index in [0.29, 0.717) is 5.56 Å². The third-order valence-electron chi connectivity index (χ3n) is 2.69. The highest BCUT2D eigenvalue weighted by atomic mass is 32.2. The molecule has 0 heterocycles. The molecule has 0 aliphatic rings. The van der Waals surface area contributed by atoms with Gasteiger partial charge in [0, 0.05) is 18.3 Å². The van der Waals surface area contributed by atoms with E-state index in [1.807, 2.05) is 13.2 Å². The molecule has 0 saturated heterocycles. The lowest BCUT2D eigenvalue weighted by atomic mass is 10.2. The Morgan fingerprint density at radius 1 is 1.35 bits per heavy atom. The minimum absolute atomic E-state index is 0.0400. The summed E-state index contributed by atoms with van der Waals surface area (Å²) in [6, 6.07) is 2.12. The molecule has 20 heavy (non-hydrogen) atoms. The van der Waals surface area contributed by atoms with Crippen LogP contribution in [0.25, 0.3) is 0 Å². The van der Waals surface area contributed by atoms with Crippen molar-refractivity contribution in [2.75, 3.05) is 19.8 Å². The van der Waals surface area contributed by atoms with Crippen LogP contribution >= 0.6 is 11.8 Å². The first-order chi connectivity index (χ1) is 9.31. The summed E-state index contributed by atoms with van der Waals surface area (Å²) in [5, 5.41) is 2.80. The maximum absolute atomic E-state index is 13.7. The largest absolute Gasteiger partial charge is 0.316 e. The SMILES string of the molecule is CNCc1cc(F)c(F)c(S(=O)(=O)NCC(C)SC)c1. The normalized spacial score (nSPS) is 13.4. The number of benzene rings is 1. The molecule has 0 amide bonds. The Morgan fingerprint density at radius 3 is 2.55 bits per heavy atom. The molecule has 2 N–H and O–H groups in total. The second kappa shape index (κ2) is 7.35. The smallest absolute Gasteiger partial charge is 0.243 e. The Hall–Kier alpha value is -0.700. The number of thioether (sulfide) groups is 1. The fourth-order valence-electron chi connectivity index (χ4n) is 1.51. The molecule has 1 aromatic carbocycles. The number of hydrogen-bond donors (Lipinski definition) is 2. The van der Waals surface area contributed by atoms with E-state index in [-0.39, 0.29) is 18.3 Å². The molecule has 8 heteroatoms. The van der Waals surface area contributed by atoms with Crippen LogP contribution in [0.15, 0.2) is 17.0 Å². The summed E-state index contributed by atoms with van der Waals surface area (Å²) in [6.45, 7) is 2.24. The summed E-state index contributed by atoms with van der Waals surface area (Å²) in [5.74, 6) is -2.52. The lowest BCUT2D eigenvalue weighted by Gasteiger charge is -2.12. The monoisotopic (exact) mass is 324 g/mol. The van der Waals surface area contributed by atoms with Crippen LogP contribution in [0, 0.1) is 11.6 Å². The van der Waals surface area contributed by atoms with Crippen LogP contribution in [-0.2, 0) is 16.6 Å². The molecule has 1 aromatic rings. The van der Waals surface area contributed by atoms with Crippen LogP contribution in [0.1, 0.15) is 12.5 Å². The highest BCUT2D eigenvalue weighted by Crippen LogP contribution is 2.20. The van der Waals surface area contributed by atoms with Gasteiger partial charge in [0.1, 0.15) is 4.90 Å². The highest BCUT2D eigenvalue weighted by Gasteiger charge is 2.23. The van der Waals surface area contributed by atoms with Crippen LogP contribution in [-0.4, -0.2) is 33.5 Å². The van der Waals surface area contributed by atoms with Gasteiger partial charge in [-0.2, -0.15) is 11.8 Å². The van der Waals surface area contributed by atoms with Crippen LogP contribution in [0.5, 0.6) is 0 Å². The minimum Gasteiger partial charge on any atom is -0.316 e.